The molecule has 0 aromatic heterocycles. The summed E-state index contributed by atoms with van der Waals surface area (Å²) in [5.74, 6) is -1.18. The lowest BCUT2D eigenvalue weighted by molar-refractivity contribution is -0.139. The zero-order valence-corrected chi connectivity index (χ0v) is 8.32. The van der Waals surface area contributed by atoms with E-state index < -0.39 is 17.1 Å². The topological polar surface area (TPSA) is 43.4 Å². The number of carbonyl (C=O) groups excluding carboxylic acids is 2. The fourth-order valence-corrected chi connectivity index (χ4v) is 1.17. The fourth-order valence-electron chi connectivity index (χ4n) is 0.959. The molecule has 0 saturated heterocycles. The number of rotatable bonds is 3. The number of carbonyl (C=O) groups is 2. The molecule has 0 fully saturated rings. The molecule has 0 spiro atoms. The molecule has 1 atom stereocenters. The van der Waals surface area contributed by atoms with Crippen LogP contribution in [0.3, 0.4) is 0 Å². The zero-order chi connectivity index (χ0) is 10.6. The molecule has 0 radical (unpaired) electrons. The first-order valence-electron chi connectivity index (χ1n) is 3.98. The number of hydrogen-bond donors (Lipinski definition) is 0. The Labute approximate surface area is 86.6 Å². The molecule has 0 heterocycles. The van der Waals surface area contributed by atoms with Crippen molar-refractivity contribution >= 4 is 23.4 Å². The van der Waals surface area contributed by atoms with Gasteiger partial charge in [0.1, 0.15) is 0 Å². The number of methoxy groups -OCH3 is 1. The van der Waals surface area contributed by atoms with Crippen molar-refractivity contribution in [1.82, 2.24) is 0 Å². The first-order valence-corrected chi connectivity index (χ1v) is 4.41. The van der Waals surface area contributed by atoms with Crippen LogP contribution in [-0.4, -0.2) is 24.2 Å². The highest BCUT2D eigenvalue weighted by molar-refractivity contribution is 6.43. The quantitative estimate of drug-likeness (QED) is 0.331. The van der Waals surface area contributed by atoms with E-state index in [1.807, 2.05) is 0 Å². The van der Waals surface area contributed by atoms with Crippen LogP contribution in [0, 0.1) is 0 Å². The van der Waals surface area contributed by atoms with Crippen molar-refractivity contribution in [2.45, 2.75) is 5.38 Å². The summed E-state index contributed by atoms with van der Waals surface area (Å²) in [6.07, 6.45) is 0. The van der Waals surface area contributed by atoms with Gasteiger partial charge in [-0.15, -0.1) is 11.6 Å². The van der Waals surface area contributed by atoms with E-state index in [9.17, 15) is 9.59 Å². The van der Waals surface area contributed by atoms with E-state index in [1.54, 1.807) is 30.3 Å². The number of esters is 1. The molecule has 14 heavy (non-hydrogen) atoms. The predicted octanol–water partition coefficient (Wildman–Crippen LogP) is 1.65. The maximum atomic E-state index is 11.5. The molecular formula is C10H9ClO3. The van der Waals surface area contributed by atoms with Crippen molar-refractivity contribution in [3.05, 3.63) is 35.9 Å². The number of hydrogen-bond acceptors (Lipinski definition) is 3. The van der Waals surface area contributed by atoms with Gasteiger partial charge in [-0.1, -0.05) is 30.3 Å². The van der Waals surface area contributed by atoms with Crippen molar-refractivity contribution in [2.75, 3.05) is 7.11 Å². The summed E-state index contributed by atoms with van der Waals surface area (Å²) in [7, 11) is 1.19. The molecule has 74 valence electrons. The van der Waals surface area contributed by atoms with Crippen LogP contribution in [-0.2, 0) is 9.53 Å². The molecule has 0 N–H and O–H groups in total. The summed E-state index contributed by atoms with van der Waals surface area (Å²) < 4.78 is 4.36. The van der Waals surface area contributed by atoms with E-state index in [1.165, 1.54) is 7.11 Å². The van der Waals surface area contributed by atoms with Gasteiger partial charge in [0.15, 0.2) is 11.2 Å². The van der Waals surface area contributed by atoms with E-state index >= 15 is 0 Å². The molecular weight excluding hydrogens is 204 g/mol. The van der Waals surface area contributed by atoms with E-state index in [-0.39, 0.29) is 0 Å². The van der Waals surface area contributed by atoms with E-state index in [2.05, 4.69) is 4.74 Å². The second kappa shape index (κ2) is 4.77. The SMILES string of the molecule is COC(=O)[C@H](Cl)C(=O)c1ccccc1. The van der Waals surface area contributed by atoms with Gasteiger partial charge in [-0.25, -0.2) is 4.79 Å². The van der Waals surface area contributed by atoms with Gasteiger partial charge in [-0.05, 0) is 0 Å². The van der Waals surface area contributed by atoms with Gasteiger partial charge in [0.05, 0.1) is 7.11 Å². The molecule has 0 aliphatic rings. The lowest BCUT2D eigenvalue weighted by Gasteiger charge is -2.05. The van der Waals surface area contributed by atoms with Gasteiger partial charge >= 0.3 is 5.97 Å². The third kappa shape index (κ3) is 2.33. The summed E-state index contributed by atoms with van der Waals surface area (Å²) in [6, 6.07) is 8.38. The van der Waals surface area contributed by atoms with Crippen LogP contribution in [0.15, 0.2) is 30.3 Å². The lowest BCUT2D eigenvalue weighted by Crippen LogP contribution is -2.25. The minimum atomic E-state index is -1.26. The Bertz CT molecular complexity index is 334. The van der Waals surface area contributed by atoms with Crippen LogP contribution in [0.5, 0.6) is 0 Å². The van der Waals surface area contributed by atoms with Gasteiger partial charge < -0.3 is 4.74 Å². The molecule has 4 heteroatoms. The summed E-state index contributed by atoms with van der Waals surface area (Å²) in [5.41, 5.74) is 0.401. The van der Waals surface area contributed by atoms with Crippen molar-refractivity contribution in [2.24, 2.45) is 0 Å². The Kier molecular flexibility index (Phi) is 3.65. The molecule has 0 saturated carbocycles. The second-order valence-electron chi connectivity index (χ2n) is 2.62. The average molecular weight is 213 g/mol. The number of Topliss-reactive ketones (excluding diaryl/α,β-unsaturated/α-hetero) is 1. The maximum absolute atomic E-state index is 11.5. The minimum absolute atomic E-state index is 0.401. The van der Waals surface area contributed by atoms with Gasteiger partial charge in [0.2, 0.25) is 0 Å². The molecule has 1 aromatic carbocycles. The smallest absolute Gasteiger partial charge is 0.331 e. The summed E-state index contributed by atoms with van der Waals surface area (Å²) in [6.45, 7) is 0. The lowest BCUT2D eigenvalue weighted by atomic mass is 10.1. The third-order valence-corrected chi connectivity index (χ3v) is 2.07. The van der Waals surface area contributed by atoms with Crippen LogP contribution in [0.4, 0.5) is 0 Å². The fraction of sp³-hybridized carbons (Fsp3) is 0.200. The minimum Gasteiger partial charge on any atom is -0.468 e. The molecule has 1 rings (SSSR count). The first-order chi connectivity index (χ1) is 6.66. The number of benzene rings is 1. The van der Waals surface area contributed by atoms with Crippen LogP contribution in [0.2, 0.25) is 0 Å². The number of halogens is 1. The van der Waals surface area contributed by atoms with E-state index in [0.29, 0.717) is 5.56 Å². The van der Waals surface area contributed by atoms with Crippen LogP contribution in [0.1, 0.15) is 10.4 Å². The number of alkyl halides is 1. The molecule has 3 nitrogen and oxygen atoms in total. The van der Waals surface area contributed by atoms with Crippen LogP contribution < -0.4 is 0 Å². The number of ketones is 1. The molecule has 0 amide bonds. The predicted molar refractivity (Wildman–Crippen MR) is 52.4 cm³/mol. The van der Waals surface area contributed by atoms with Gasteiger partial charge in [0, 0.05) is 5.56 Å². The largest absolute Gasteiger partial charge is 0.468 e. The Balaban J connectivity index is 2.81. The van der Waals surface area contributed by atoms with Gasteiger partial charge in [0.25, 0.3) is 0 Å². The van der Waals surface area contributed by atoms with Crippen molar-refractivity contribution in [3.63, 3.8) is 0 Å². The van der Waals surface area contributed by atoms with Crippen molar-refractivity contribution in [3.8, 4) is 0 Å². The van der Waals surface area contributed by atoms with Crippen molar-refractivity contribution in [1.29, 1.82) is 0 Å². The summed E-state index contributed by atoms with van der Waals surface area (Å²) in [4.78, 5) is 22.5. The normalized spacial score (nSPS) is 11.9. The highest BCUT2D eigenvalue weighted by Crippen LogP contribution is 2.09. The Morgan fingerprint density at radius 1 is 1.29 bits per heavy atom. The van der Waals surface area contributed by atoms with Crippen LogP contribution in [0.25, 0.3) is 0 Å². The summed E-state index contributed by atoms with van der Waals surface area (Å²) >= 11 is 5.59. The number of ether oxygens (including phenoxy) is 1. The molecule has 0 aliphatic heterocycles. The Morgan fingerprint density at radius 3 is 2.36 bits per heavy atom. The van der Waals surface area contributed by atoms with Gasteiger partial charge in [-0.3, -0.25) is 4.79 Å². The molecule has 0 aliphatic carbocycles. The molecule has 0 unspecified atom stereocenters. The zero-order valence-electron chi connectivity index (χ0n) is 7.57. The summed E-state index contributed by atoms with van der Waals surface area (Å²) in [5, 5.41) is -1.26. The molecule has 1 aromatic rings. The van der Waals surface area contributed by atoms with Crippen molar-refractivity contribution < 1.29 is 14.3 Å². The highest BCUT2D eigenvalue weighted by Gasteiger charge is 2.25. The Morgan fingerprint density at radius 2 is 1.86 bits per heavy atom. The first kappa shape index (κ1) is 10.7. The van der Waals surface area contributed by atoms with E-state index in [4.69, 9.17) is 11.6 Å². The monoisotopic (exact) mass is 212 g/mol. The third-order valence-electron chi connectivity index (χ3n) is 1.70. The average Bonchev–Trinajstić information content (AvgIpc) is 2.27. The molecule has 0 bridgehead atoms. The van der Waals surface area contributed by atoms with Gasteiger partial charge in [-0.2, -0.15) is 0 Å². The standard InChI is InChI=1S/C10H9ClO3/c1-14-10(13)8(11)9(12)7-5-3-2-4-6-7/h2-6,8H,1H3/t8-/m1/s1. The van der Waals surface area contributed by atoms with E-state index in [0.717, 1.165) is 0 Å². The van der Waals surface area contributed by atoms with Crippen LogP contribution >= 0.6 is 11.6 Å². The second-order valence-corrected chi connectivity index (χ2v) is 3.05. The highest BCUT2D eigenvalue weighted by atomic mass is 35.5. The Hall–Kier alpha value is -1.35. The maximum Gasteiger partial charge on any atom is 0.331 e.